The van der Waals surface area contributed by atoms with Crippen LogP contribution in [0.15, 0.2) is 24.3 Å². The number of anilines is 1. The number of aliphatic hydroxyl groups excluding tert-OH is 1. The summed E-state index contributed by atoms with van der Waals surface area (Å²) in [4.78, 5) is 11.9. The topological polar surface area (TPSA) is 75.3 Å². The van der Waals surface area contributed by atoms with Crippen molar-refractivity contribution in [3.63, 3.8) is 0 Å². The molecule has 1 aromatic rings. The number of carbonyl (C=O) groups is 1. The number of hydrogen-bond donors (Lipinski definition) is 3. The lowest BCUT2D eigenvalue weighted by Crippen LogP contribution is -2.34. The number of hydrogen-bond acceptors (Lipinski definition) is 4. The van der Waals surface area contributed by atoms with Crippen LogP contribution in [0, 0.1) is 0 Å². The van der Waals surface area contributed by atoms with Gasteiger partial charge in [-0.2, -0.15) is 0 Å². The van der Waals surface area contributed by atoms with Crippen LogP contribution in [-0.4, -0.2) is 30.1 Å². The molecule has 0 spiro atoms. The molecule has 16 heavy (non-hydrogen) atoms. The number of ketones is 1. The van der Waals surface area contributed by atoms with Crippen molar-refractivity contribution in [2.75, 3.05) is 18.9 Å². The van der Waals surface area contributed by atoms with Crippen molar-refractivity contribution >= 4 is 11.5 Å². The first kappa shape index (κ1) is 12.7. The fraction of sp³-hybridized carbons (Fsp3) is 0.417. The molecule has 0 aliphatic carbocycles. The van der Waals surface area contributed by atoms with Crippen molar-refractivity contribution in [3.8, 4) is 0 Å². The molecule has 0 aromatic heterocycles. The Hall–Kier alpha value is -1.39. The maximum Gasteiger partial charge on any atom is 0.179 e. The maximum atomic E-state index is 11.9. The molecule has 4 nitrogen and oxygen atoms in total. The summed E-state index contributed by atoms with van der Waals surface area (Å²) in [7, 11) is 0. The van der Waals surface area contributed by atoms with Crippen LogP contribution in [0.25, 0.3) is 0 Å². The second-order valence-corrected chi connectivity index (χ2v) is 3.74. The predicted octanol–water partition coefficient (Wildman–Crippen LogP) is 0.812. The number of carbonyl (C=O) groups excluding carboxylic acids is 1. The van der Waals surface area contributed by atoms with E-state index in [2.05, 4.69) is 5.32 Å². The first-order valence-electron chi connectivity index (χ1n) is 5.39. The summed E-state index contributed by atoms with van der Waals surface area (Å²) in [5.41, 5.74) is 6.85. The molecule has 0 aliphatic rings. The van der Waals surface area contributed by atoms with Crippen molar-refractivity contribution in [1.82, 2.24) is 5.32 Å². The smallest absolute Gasteiger partial charge is 0.179 e. The molecule has 4 N–H and O–H groups in total. The molecule has 0 heterocycles. The molecule has 0 bridgehead atoms. The Morgan fingerprint density at radius 2 is 2.06 bits per heavy atom. The van der Waals surface area contributed by atoms with Crippen LogP contribution in [0.2, 0.25) is 0 Å². The summed E-state index contributed by atoms with van der Waals surface area (Å²) in [5.74, 6) is 0.0398. The van der Waals surface area contributed by atoms with Crippen LogP contribution < -0.4 is 11.1 Å². The Kier molecular flexibility index (Phi) is 4.95. The van der Waals surface area contributed by atoms with Crippen molar-refractivity contribution in [2.45, 2.75) is 19.4 Å². The number of Topliss-reactive ketones (excluding diaryl/α,β-unsaturated/α-hetero) is 1. The van der Waals surface area contributed by atoms with Gasteiger partial charge in [0.15, 0.2) is 5.78 Å². The highest BCUT2D eigenvalue weighted by Gasteiger charge is 2.13. The van der Waals surface area contributed by atoms with Crippen molar-refractivity contribution in [1.29, 1.82) is 0 Å². The second kappa shape index (κ2) is 6.25. The highest BCUT2D eigenvalue weighted by atomic mass is 16.3. The third-order valence-corrected chi connectivity index (χ3v) is 2.37. The SMILES string of the molecule is CC(NCCCO)C(=O)c1ccc(N)cc1. The standard InChI is InChI=1S/C12H18N2O2/c1-9(14-7-2-8-15)12(16)10-3-5-11(13)6-4-10/h3-6,9,14-15H,2,7-8,13H2,1H3. The summed E-state index contributed by atoms with van der Waals surface area (Å²) >= 11 is 0. The summed E-state index contributed by atoms with van der Waals surface area (Å²) in [6.07, 6.45) is 0.652. The summed E-state index contributed by atoms with van der Waals surface area (Å²) in [6.45, 7) is 2.59. The molecule has 1 atom stereocenters. The van der Waals surface area contributed by atoms with Gasteiger partial charge >= 0.3 is 0 Å². The van der Waals surface area contributed by atoms with E-state index < -0.39 is 0 Å². The van der Waals surface area contributed by atoms with E-state index in [0.29, 0.717) is 24.2 Å². The Balaban J connectivity index is 2.53. The first-order chi connectivity index (χ1) is 7.65. The zero-order valence-electron chi connectivity index (χ0n) is 9.44. The Labute approximate surface area is 95.5 Å². The molecule has 0 radical (unpaired) electrons. The molecular weight excluding hydrogens is 204 g/mol. The molecule has 1 aromatic carbocycles. The monoisotopic (exact) mass is 222 g/mol. The van der Waals surface area contributed by atoms with Gasteiger partial charge in [0.2, 0.25) is 0 Å². The van der Waals surface area contributed by atoms with Gasteiger partial charge in [-0.15, -0.1) is 0 Å². The summed E-state index contributed by atoms with van der Waals surface area (Å²) < 4.78 is 0. The van der Waals surface area contributed by atoms with Crippen molar-refractivity contribution < 1.29 is 9.90 Å². The molecule has 0 saturated heterocycles. The number of aliphatic hydroxyl groups is 1. The largest absolute Gasteiger partial charge is 0.399 e. The van der Waals surface area contributed by atoms with E-state index in [4.69, 9.17) is 10.8 Å². The molecular formula is C12H18N2O2. The summed E-state index contributed by atoms with van der Waals surface area (Å²) in [5, 5.41) is 11.7. The quantitative estimate of drug-likeness (QED) is 0.378. The van der Waals surface area contributed by atoms with Gasteiger partial charge in [-0.25, -0.2) is 0 Å². The number of nitrogen functional groups attached to an aromatic ring is 1. The van der Waals surface area contributed by atoms with E-state index in [0.717, 1.165) is 0 Å². The minimum atomic E-state index is -0.241. The summed E-state index contributed by atoms with van der Waals surface area (Å²) in [6, 6.07) is 6.64. The lowest BCUT2D eigenvalue weighted by Gasteiger charge is -2.12. The Bertz CT molecular complexity index is 335. The normalized spacial score (nSPS) is 12.4. The van der Waals surface area contributed by atoms with Gasteiger partial charge in [0.05, 0.1) is 6.04 Å². The van der Waals surface area contributed by atoms with E-state index in [1.807, 2.05) is 6.92 Å². The number of rotatable bonds is 6. The average molecular weight is 222 g/mol. The van der Waals surface area contributed by atoms with Gasteiger partial charge in [-0.05, 0) is 44.2 Å². The van der Waals surface area contributed by atoms with Crippen LogP contribution in [0.5, 0.6) is 0 Å². The Morgan fingerprint density at radius 3 is 2.62 bits per heavy atom. The van der Waals surface area contributed by atoms with Crippen LogP contribution >= 0.6 is 0 Å². The predicted molar refractivity (Wildman–Crippen MR) is 64.4 cm³/mol. The molecule has 4 heteroatoms. The van der Waals surface area contributed by atoms with Crippen LogP contribution in [0.1, 0.15) is 23.7 Å². The van der Waals surface area contributed by atoms with E-state index in [1.165, 1.54) is 0 Å². The van der Waals surface area contributed by atoms with Gasteiger partial charge in [0, 0.05) is 17.9 Å². The molecule has 0 fully saturated rings. The molecule has 88 valence electrons. The third-order valence-electron chi connectivity index (χ3n) is 2.37. The highest BCUT2D eigenvalue weighted by molar-refractivity contribution is 6.00. The van der Waals surface area contributed by atoms with Crippen LogP contribution in [-0.2, 0) is 0 Å². The molecule has 0 amide bonds. The molecule has 1 rings (SSSR count). The van der Waals surface area contributed by atoms with Crippen LogP contribution in [0.4, 0.5) is 5.69 Å². The molecule has 0 saturated carbocycles. The fourth-order valence-corrected chi connectivity index (χ4v) is 1.39. The number of nitrogens with two attached hydrogens (primary N) is 1. The van der Waals surface area contributed by atoms with Crippen LogP contribution in [0.3, 0.4) is 0 Å². The van der Waals surface area contributed by atoms with Gasteiger partial charge in [-0.1, -0.05) is 0 Å². The third kappa shape index (κ3) is 3.64. The first-order valence-corrected chi connectivity index (χ1v) is 5.39. The molecule has 1 unspecified atom stereocenters. The van der Waals surface area contributed by atoms with Gasteiger partial charge in [-0.3, -0.25) is 4.79 Å². The maximum absolute atomic E-state index is 11.9. The van der Waals surface area contributed by atoms with Gasteiger partial charge in [0.25, 0.3) is 0 Å². The van der Waals surface area contributed by atoms with E-state index in [9.17, 15) is 4.79 Å². The Morgan fingerprint density at radius 1 is 1.44 bits per heavy atom. The van der Waals surface area contributed by atoms with Gasteiger partial charge in [0.1, 0.15) is 0 Å². The van der Waals surface area contributed by atoms with E-state index in [1.54, 1.807) is 24.3 Å². The highest BCUT2D eigenvalue weighted by Crippen LogP contribution is 2.08. The molecule has 0 aliphatic heterocycles. The van der Waals surface area contributed by atoms with Crippen molar-refractivity contribution in [2.24, 2.45) is 0 Å². The van der Waals surface area contributed by atoms with E-state index >= 15 is 0 Å². The fourth-order valence-electron chi connectivity index (χ4n) is 1.39. The average Bonchev–Trinajstić information content (AvgIpc) is 2.29. The zero-order valence-corrected chi connectivity index (χ0v) is 9.44. The second-order valence-electron chi connectivity index (χ2n) is 3.74. The minimum Gasteiger partial charge on any atom is -0.399 e. The minimum absolute atomic E-state index is 0.0398. The zero-order chi connectivity index (χ0) is 12.0. The number of nitrogens with one attached hydrogen (secondary N) is 1. The van der Waals surface area contributed by atoms with Gasteiger partial charge < -0.3 is 16.2 Å². The van der Waals surface area contributed by atoms with E-state index in [-0.39, 0.29) is 18.4 Å². The van der Waals surface area contributed by atoms with Crippen molar-refractivity contribution in [3.05, 3.63) is 29.8 Å². The lowest BCUT2D eigenvalue weighted by molar-refractivity contribution is 0.0950. The lowest BCUT2D eigenvalue weighted by atomic mass is 10.1. The number of benzene rings is 1.